The van der Waals surface area contributed by atoms with E-state index in [0.29, 0.717) is 11.3 Å². The van der Waals surface area contributed by atoms with Crippen molar-refractivity contribution in [3.63, 3.8) is 0 Å². The van der Waals surface area contributed by atoms with Crippen molar-refractivity contribution in [2.24, 2.45) is 17.6 Å². The second-order valence-electron chi connectivity index (χ2n) is 10.5. The first-order valence-corrected chi connectivity index (χ1v) is 13.9. The van der Waals surface area contributed by atoms with Gasteiger partial charge in [0.15, 0.2) is 17.1 Å². The Hall–Kier alpha value is -3.62. The number of rotatable bonds is 6. The second kappa shape index (κ2) is 9.24. The van der Waals surface area contributed by atoms with E-state index < -0.39 is 73.8 Å². The van der Waals surface area contributed by atoms with Gasteiger partial charge in [-0.05, 0) is 51.4 Å². The van der Waals surface area contributed by atoms with E-state index in [9.17, 15) is 43.2 Å². The predicted molar refractivity (Wildman–Crippen MR) is 142 cm³/mol. The van der Waals surface area contributed by atoms with Gasteiger partial charge in [-0.2, -0.15) is 0 Å². The smallest absolute Gasteiger partial charge is 0.255 e. The van der Waals surface area contributed by atoms with Crippen molar-refractivity contribution in [2.45, 2.75) is 31.4 Å². The summed E-state index contributed by atoms with van der Waals surface area (Å²) < 4.78 is 26.8. The van der Waals surface area contributed by atoms with E-state index in [1.807, 2.05) is 0 Å². The number of hydrogen-bond donors (Lipinski definition) is 6. The van der Waals surface area contributed by atoms with Gasteiger partial charge in [-0.15, -0.1) is 0 Å². The number of nitrogens with one attached hydrogen (secondary N) is 1. The van der Waals surface area contributed by atoms with Crippen molar-refractivity contribution in [3.05, 3.63) is 34.1 Å². The third-order valence-corrected chi connectivity index (χ3v) is 9.12. The number of aromatic hydroxyl groups is 1. The predicted octanol–water partition coefficient (Wildman–Crippen LogP) is -0.208. The molecule has 0 bridgehead atoms. The first-order valence-electron chi connectivity index (χ1n) is 12.2. The molecule has 1 fully saturated rings. The Bertz CT molecular complexity index is 1480. The number of hydrogen-bond acceptors (Lipinski definition) is 11. The fourth-order valence-corrected chi connectivity index (χ4v) is 6.64. The van der Waals surface area contributed by atoms with Crippen molar-refractivity contribution in [1.82, 2.24) is 4.90 Å². The SMILES string of the molecule is CCS(=O)(=O)Nc1cc(N(C)C)c2c(c1O)C(O)=C1C(=O)C3(O)C(O)=C(C(N)=O)C(=O)[C@@H](N(C)C)C3CC1C2. The van der Waals surface area contributed by atoms with Gasteiger partial charge in [-0.3, -0.25) is 24.0 Å². The lowest BCUT2D eigenvalue weighted by Gasteiger charge is -2.50. The molecule has 4 atom stereocenters. The van der Waals surface area contributed by atoms with E-state index >= 15 is 0 Å². The summed E-state index contributed by atoms with van der Waals surface area (Å²) in [6.45, 7) is 1.41. The first kappa shape index (κ1) is 28.4. The molecule has 0 heterocycles. The van der Waals surface area contributed by atoms with Crippen LogP contribution in [0.3, 0.4) is 0 Å². The van der Waals surface area contributed by atoms with Crippen LogP contribution in [0.1, 0.15) is 24.5 Å². The van der Waals surface area contributed by atoms with Crippen LogP contribution in [-0.4, -0.2) is 96.8 Å². The van der Waals surface area contributed by atoms with Gasteiger partial charge in [0.25, 0.3) is 5.91 Å². The maximum Gasteiger partial charge on any atom is 0.255 e. The molecular weight excluding hydrogens is 532 g/mol. The van der Waals surface area contributed by atoms with E-state index in [4.69, 9.17) is 5.73 Å². The topological polar surface area (TPSA) is 211 Å². The number of nitrogens with two attached hydrogens (primary N) is 1. The third-order valence-electron chi connectivity index (χ3n) is 7.82. The standard InChI is InChI=1S/C25H32N4O9S/c1-6-39(37,38)27-13-9-14(28(2)3)11-7-10-8-12-18(29(4)5)21(32)17(24(26)35)23(34)25(12,36)22(33)15(10)20(31)16(11)19(13)30/h9-10,12,18,27,30-31,34,36H,6-8H2,1-5H3,(H2,26,35)/t10?,12?,18-,25?/m0/s1. The summed E-state index contributed by atoms with van der Waals surface area (Å²) in [5, 5.41) is 45.1. The largest absolute Gasteiger partial charge is 0.508 e. The van der Waals surface area contributed by atoms with Gasteiger partial charge in [0, 0.05) is 31.3 Å². The summed E-state index contributed by atoms with van der Waals surface area (Å²) in [4.78, 5) is 42.3. The number of ketones is 2. The molecule has 14 heteroatoms. The number of carbonyl (C=O) groups is 3. The Morgan fingerprint density at radius 2 is 1.79 bits per heavy atom. The van der Waals surface area contributed by atoms with E-state index in [1.54, 1.807) is 19.0 Å². The lowest BCUT2D eigenvalue weighted by Crippen LogP contribution is -2.65. The second-order valence-corrected chi connectivity index (χ2v) is 12.5. The number of phenols is 1. The molecular formula is C25H32N4O9S. The lowest BCUT2D eigenvalue weighted by molar-refractivity contribution is -0.153. The van der Waals surface area contributed by atoms with Crippen LogP contribution in [0.2, 0.25) is 0 Å². The van der Waals surface area contributed by atoms with Crippen LogP contribution in [0.15, 0.2) is 23.0 Å². The molecule has 3 aliphatic rings. The summed E-state index contributed by atoms with van der Waals surface area (Å²) in [5.41, 5.74) is 1.80. The molecule has 3 aliphatic carbocycles. The fourth-order valence-electron chi connectivity index (χ4n) is 6.01. The number of aliphatic hydroxyl groups is 3. The van der Waals surface area contributed by atoms with Crippen molar-refractivity contribution in [1.29, 1.82) is 0 Å². The molecule has 212 valence electrons. The molecule has 4 rings (SSSR count). The van der Waals surface area contributed by atoms with Crippen LogP contribution in [-0.2, 0) is 30.8 Å². The van der Waals surface area contributed by atoms with Gasteiger partial charge in [0.05, 0.1) is 23.0 Å². The van der Waals surface area contributed by atoms with E-state index in [-0.39, 0.29) is 35.4 Å². The zero-order chi connectivity index (χ0) is 29.4. The highest BCUT2D eigenvalue weighted by Crippen LogP contribution is 2.54. The Kier molecular flexibility index (Phi) is 6.73. The van der Waals surface area contributed by atoms with Crippen molar-refractivity contribution < 1.29 is 43.2 Å². The minimum atomic E-state index is -3.84. The molecule has 0 saturated heterocycles. The van der Waals surface area contributed by atoms with Crippen LogP contribution < -0.4 is 15.4 Å². The maximum atomic E-state index is 13.9. The van der Waals surface area contributed by atoms with Gasteiger partial charge in [0.2, 0.25) is 15.8 Å². The number of phenolic OH excluding ortho intramolecular Hbond substituents is 1. The average Bonchev–Trinajstić information content (AvgIpc) is 2.82. The summed E-state index contributed by atoms with van der Waals surface area (Å²) in [6.07, 6.45) is 0.0278. The Labute approximate surface area is 225 Å². The Morgan fingerprint density at radius 3 is 2.31 bits per heavy atom. The number of primary amides is 1. The number of sulfonamides is 1. The summed E-state index contributed by atoms with van der Waals surface area (Å²) in [7, 11) is 2.57. The van der Waals surface area contributed by atoms with Gasteiger partial charge >= 0.3 is 0 Å². The Balaban J connectivity index is 2.00. The molecule has 13 nitrogen and oxygen atoms in total. The van der Waals surface area contributed by atoms with Gasteiger partial charge in [0.1, 0.15) is 17.1 Å². The van der Waals surface area contributed by atoms with Crippen LogP contribution in [0.4, 0.5) is 11.4 Å². The highest BCUT2D eigenvalue weighted by atomic mass is 32.2. The maximum absolute atomic E-state index is 13.9. The monoisotopic (exact) mass is 564 g/mol. The first-order chi connectivity index (χ1) is 18.0. The summed E-state index contributed by atoms with van der Waals surface area (Å²) in [6, 6.07) is 0.233. The van der Waals surface area contributed by atoms with Crippen molar-refractivity contribution >= 4 is 44.6 Å². The number of anilines is 2. The lowest BCUT2D eigenvalue weighted by atomic mass is 9.57. The molecule has 1 aromatic carbocycles. The van der Waals surface area contributed by atoms with Gasteiger partial charge in [-0.25, -0.2) is 8.42 Å². The fraction of sp³-hybridized carbons (Fsp3) is 0.480. The number of carbonyl (C=O) groups excluding carboxylic acids is 3. The number of nitrogens with zero attached hydrogens (tertiary/aromatic N) is 2. The number of aliphatic hydroxyl groups excluding tert-OH is 2. The average molecular weight is 565 g/mol. The van der Waals surface area contributed by atoms with Crippen molar-refractivity contribution in [2.75, 3.05) is 43.6 Å². The molecule has 7 N–H and O–H groups in total. The molecule has 0 radical (unpaired) electrons. The molecule has 0 aromatic heterocycles. The number of likely N-dealkylation sites (N-methyl/N-ethyl adjacent to an activating group) is 1. The van der Waals surface area contributed by atoms with Crippen LogP contribution >= 0.6 is 0 Å². The van der Waals surface area contributed by atoms with Crippen molar-refractivity contribution in [3.8, 4) is 5.75 Å². The molecule has 0 spiro atoms. The summed E-state index contributed by atoms with van der Waals surface area (Å²) in [5.74, 6) is -8.03. The molecule has 1 amide bonds. The quantitative estimate of drug-likeness (QED) is 0.197. The van der Waals surface area contributed by atoms with Crippen LogP contribution in [0, 0.1) is 11.8 Å². The number of fused-ring (bicyclic) bond motifs is 3. The normalized spacial score (nSPS) is 26.8. The highest BCUT2D eigenvalue weighted by Gasteiger charge is 2.64. The van der Waals surface area contributed by atoms with E-state index in [1.165, 1.54) is 32.0 Å². The zero-order valence-electron chi connectivity index (χ0n) is 22.1. The third kappa shape index (κ3) is 4.05. The number of amides is 1. The molecule has 39 heavy (non-hydrogen) atoms. The molecule has 3 unspecified atom stereocenters. The van der Waals surface area contributed by atoms with Gasteiger partial charge in [-0.1, -0.05) is 0 Å². The zero-order valence-corrected chi connectivity index (χ0v) is 23.0. The summed E-state index contributed by atoms with van der Waals surface area (Å²) >= 11 is 0. The van der Waals surface area contributed by atoms with Crippen LogP contribution in [0.25, 0.3) is 5.76 Å². The molecule has 0 aliphatic heterocycles. The van der Waals surface area contributed by atoms with E-state index in [0.717, 1.165) is 0 Å². The highest BCUT2D eigenvalue weighted by molar-refractivity contribution is 7.92. The minimum Gasteiger partial charge on any atom is -0.508 e. The number of Topliss-reactive ketones (excluding diaryl/α,β-unsaturated/α-hetero) is 2. The van der Waals surface area contributed by atoms with Crippen LogP contribution in [0.5, 0.6) is 5.75 Å². The van der Waals surface area contributed by atoms with E-state index in [2.05, 4.69) is 4.72 Å². The van der Waals surface area contributed by atoms with Gasteiger partial charge < -0.3 is 31.1 Å². The molecule has 1 aromatic rings. The Morgan fingerprint density at radius 1 is 1.18 bits per heavy atom. The minimum absolute atomic E-state index is 0.0520. The number of benzene rings is 1. The molecule has 1 saturated carbocycles.